The van der Waals surface area contributed by atoms with Crippen LogP contribution in [0.3, 0.4) is 0 Å². The molecule has 0 bridgehead atoms. The standard InChI is InChI=1S/C13H13BrF3NO3/c14-7-10-8-20-6-5-18(10)12(19)9-1-3-11(4-2-9)21-13(15,16)17/h1-4,10H,5-8H2. The Bertz CT molecular complexity index is 492. The van der Waals surface area contributed by atoms with E-state index in [2.05, 4.69) is 20.7 Å². The third kappa shape index (κ3) is 4.34. The van der Waals surface area contributed by atoms with Crippen molar-refractivity contribution in [2.45, 2.75) is 12.4 Å². The third-order valence-corrected chi connectivity index (χ3v) is 3.75. The summed E-state index contributed by atoms with van der Waals surface area (Å²) < 4.78 is 45.3. The zero-order valence-corrected chi connectivity index (χ0v) is 12.5. The van der Waals surface area contributed by atoms with E-state index in [0.29, 0.717) is 30.7 Å². The quantitative estimate of drug-likeness (QED) is 0.771. The van der Waals surface area contributed by atoms with Crippen molar-refractivity contribution in [3.63, 3.8) is 0 Å². The molecule has 1 atom stereocenters. The second kappa shape index (κ2) is 6.65. The summed E-state index contributed by atoms with van der Waals surface area (Å²) in [5.41, 5.74) is 0.317. The second-order valence-electron chi connectivity index (χ2n) is 4.45. The van der Waals surface area contributed by atoms with Crippen LogP contribution in [-0.4, -0.2) is 48.3 Å². The van der Waals surface area contributed by atoms with E-state index in [0.717, 1.165) is 12.1 Å². The zero-order chi connectivity index (χ0) is 15.5. The molecule has 1 heterocycles. The lowest BCUT2D eigenvalue weighted by Crippen LogP contribution is -2.49. The van der Waals surface area contributed by atoms with Crippen LogP contribution in [0.1, 0.15) is 10.4 Å². The maximum Gasteiger partial charge on any atom is 0.573 e. The number of hydrogen-bond acceptors (Lipinski definition) is 3. The highest BCUT2D eigenvalue weighted by atomic mass is 79.9. The fourth-order valence-corrected chi connectivity index (χ4v) is 2.55. The number of halogens is 4. The van der Waals surface area contributed by atoms with Gasteiger partial charge in [-0.25, -0.2) is 0 Å². The highest BCUT2D eigenvalue weighted by Gasteiger charge is 2.31. The van der Waals surface area contributed by atoms with E-state index in [-0.39, 0.29) is 17.7 Å². The molecular formula is C13H13BrF3NO3. The van der Waals surface area contributed by atoms with Crippen molar-refractivity contribution in [1.29, 1.82) is 0 Å². The van der Waals surface area contributed by atoms with Gasteiger partial charge < -0.3 is 14.4 Å². The number of benzene rings is 1. The lowest BCUT2D eigenvalue weighted by molar-refractivity contribution is -0.274. The van der Waals surface area contributed by atoms with Crippen molar-refractivity contribution >= 4 is 21.8 Å². The minimum atomic E-state index is -4.74. The minimum absolute atomic E-state index is 0.0858. The van der Waals surface area contributed by atoms with Crippen LogP contribution >= 0.6 is 15.9 Å². The van der Waals surface area contributed by atoms with Crippen LogP contribution < -0.4 is 4.74 Å². The molecule has 2 rings (SSSR count). The lowest BCUT2D eigenvalue weighted by Gasteiger charge is -2.34. The highest BCUT2D eigenvalue weighted by molar-refractivity contribution is 9.09. The fourth-order valence-electron chi connectivity index (χ4n) is 2.02. The predicted octanol–water partition coefficient (Wildman–Crippen LogP) is 2.82. The van der Waals surface area contributed by atoms with Crippen molar-refractivity contribution < 1.29 is 27.4 Å². The van der Waals surface area contributed by atoms with Gasteiger partial charge in [0, 0.05) is 17.4 Å². The van der Waals surface area contributed by atoms with Gasteiger partial charge in [-0.2, -0.15) is 0 Å². The first-order valence-electron chi connectivity index (χ1n) is 6.21. The first-order chi connectivity index (χ1) is 9.90. The van der Waals surface area contributed by atoms with Gasteiger partial charge in [-0.1, -0.05) is 15.9 Å². The van der Waals surface area contributed by atoms with Crippen molar-refractivity contribution in [3.8, 4) is 5.75 Å². The number of alkyl halides is 4. The topological polar surface area (TPSA) is 38.8 Å². The highest BCUT2D eigenvalue weighted by Crippen LogP contribution is 2.23. The first-order valence-corrected chi connectivity index (χ1v) is 7.33. The molecule has 116 valence electrons. The van der Waals surface area contributed by atoms with Gasteiger partial charge in [0.2, 0.25) is 0 Å². The summed E-state index contributed by atoms with van der Waals surface area (Å²) in [4.78, 5) is 14.0. The average Bonchev–Trinajstić information content (AvgIpc) is 2.45. The monoisotopic (exact) mass is 367 g/mol. The molecular weight excluding hydrogens is 355 g/mol. The number of rotatable bonds is 3. The van der Waals surface area contributed by atoms with Crippen LogP contribution in [0.4, 0.5) is 13.2 Å². The number of hydrogen-bond donors (Lipinski definition) is 0. The van der Waals surface area contributed by atoms with Crippen molar-refractivity contribution in [2.75, 3.05) is 25.1 Å². The van der Waals surface area contributed by atoms with E-state index in [1.54, 1.807) is 4.90 Å². The number of morpholine rings is 1. The smallest absolute Gasteiger partial charge is 0.406 e. The largest absolute Gasteiger partial charge is 0.573 e. The van der Waals surface area contributed by atoms with Crippen LogP contribution in [0.15, 0.2) is 24.3 Å². The van der Waals surface area contributed by atoms with Crippen molar-refractivity contribution in [3.05, 3.63) is 29.8 Å². The number of nitrogens with zero attached hydrogens (tertiary/aromatic N) is 1. The Morgan fingerprint density at radius 2 is 2.05 bits per heavy atom. The summed E-state index contributed by atoms with van der Waals surface area (Å²) in [7, 11) is 0. The van der Waals surface area contributed by atoms with Gasteiger partial charge in [0.15, 0.2) is 0 Å². The Balaban J connectivity index is 2.08. The van der Waals surface area contributed by atoms with Gasteiger partial charge in [0.1, 0.15) is 5.75 Å². The predicted molar refractivity (Wildman–Crippen MR) is 72.6 cm³/mol. The van der Waals surface area contributed by atoms with Crippen molar-refractivity contribution in [1.82, 2.24) is 4.90 Å². The van der Waals surface area contributed by atoms with Crippen LogP contribution in [-0.2, 0) is 4.74 Å². The molecule has 1 aliphatic rings. The van der Waals surface area contributed by atoms with Gasteiger partial charge in [0.25, 0.3) is 5.91 Å². The van der Waals surface area contributed by atoms with Crippen LogP contribution in [0.2, 0.25) is 0 Å². The number of carbonyl (C=O) groups excluding carboxylic acids is 1. The third-order valence-electron chi connectivity index (χ3n) is 3.00. The average molecular weight is 368 g/mol. The van der Waals surface area contributed by atoms with Crippen molar-refractivity contribution in [2.24, 2.45) is 0 Å². The molecule has 4 nitrogen and oxygen atoms in total. The molecule has 0 aromatic heterocycles. The summed E-state index contributed by atoms with van der Waals surface area (Å²) in [6.45, 7) is 1.34. The lowest BCUT2D eigenvalue weighted by atomic mass is 10.1. The van der Waals surface area contributed by atoms with Gasteiger partial charge in [0.05, 0.1) is 19.3 Å². The Labute approximate surface area is 127 Å². The molecule has 0 spiro atoms. The second-order valence-corrected chi connectivity index (χ2v) is 5.10. The van der Waals surface area contributed by atoms with Gasteiger partial charge >= 0.3 is 6.36 Å². The van der Waals surface area contributed by atoms with Crippen LogP contribution in [0.25, 0.3) is 0 Å². The summed E-state index contributed by atoms with van der Waals surface area (Å²) in [6, 6.07) is 4.82. The van der Waals surface area contributed by atoms with Gasteiger partial charge in [-0.05, 0) is 24.3 Å². The van der Waals surface area contributed by atoms with Crippen LogP contribution in [0, 0.1) is 0 Å². The molecule has 1 unspecified atom stereocenters. The fraction of sp³-hybridized carbons (Fsp3) is 0.462. The van der Waals surface area contributed by atoms with Gasteiger partial charge in [-0.3, -0.25) is 4.79 Å². The molecule has 8 heteroatoms. The molecule has 1 aliphatic heterocycles. The first kappa shape index (κ1) is 16.1. The van der Waals surface area contributed by atoms with Gasteiger partial charge in [-0.15, -0.1) is 13.2 Å². The number of ether oxygens (including phenoxy) is 2. The normalized spacial score (nSPS) is 19.4. The Morgan fingerprint density at radius 1 is 1.38 bits per heavy atom. The Kier molecular flexibility index (Phi) is 5.10. The number of amides is 1. The molecule has 0 N–H and O–H groups in total. The molecule has 0 radical (unpaired) electrons. The molecule has 1 fully saturated rings. The minimum Gasteiger partial charge on any atom is -0.406 e. The van der Waals surface area contributed by atoms with E-state index >= 15 is 0 Å². The number of carbonyl (C=O) groups is 1. The molecule has 0 aliphatic carbocycles. The summed E-state index contributed by atoms with van der Waals surface area (Å²) >= 11 is 3.32. The van der Waals surface area contributed by atoms with E-state index in [1.165, 1.54) is 12.1 Å². The molecule has 1 saturated heterocycles. The maximum absolute atomic E-state index is 12.4. The maximum atomic E-state index is 12.4. The molecule has 1 aromatic rings. The molecule has 21 heavy (non-hydrogen) atoms. The zero-order valence-electron chi connectivity index (χ0n) is 10.9. The SMILES string of the molecule is O=C(c1ccc(OC(F)(F)F)cc1)N1CCOCC1CBr. The summed E-state index contributed by atoms with van der Waals surface area (Å²) in [6.07, 6.45) is -4.74. The van der Waals surface area contributed by atoms with E-state index < -0.39 is 6.36 Å². The molecule has 1 aromatic carbocycles. The Hall–Kier alpha value is -1.28. The Morgan fingerprint density at radius 3 is 2.62 bits per heavy atom. The van der Waals surface area contributed by atoms with Crippen LogP contribution in [0.5, 0.6) is 5.75 Å². The van der Waals surface area contributed by atoms with E-state index in [4.69, 9.17) is 4.74 Å². The molecule has 1 amide bonds. The summed E-state index contributed by atoms with van der Waals surface area (Å²) in [5.74, 6) is -0.584. The molecule has 0 saturated carbocycles. The van der Waals surface area contributed by atoms with E-state index in [1.807, 2.05) is 0 Å². The van der Waals surface area contributed by atoms with E-state index in [9.17, 15) is 18.0 Å². The summed E-state index contributed by atoms with van der Waals surface area (Å²) in [5, 5.41) is 0.577.